The van der Waals surface area contributed by atoms with Crippen molar-refractivity contribution < 1.29 is 0 Å². The third-order valence-corrected chi connectivity index (χ3v) is 4.74. The van der Waals surface area contributed by atoms with Crippen molar-refractivity contribution >= 4 is 32.4 Å². The van der Waals surface area contributed by atoms with Crippen molar-refractivity contribution in [1.82, 2.24) is 10.2 Å². The molecule has 0 amide bonds. The number of rotatable bonds is 4. The lowest BCUT2D eigenvalue weighted by Crippen LogP contribution is -2.15. The average Bonchev–Trinajstić information content (AvgIpc) is 3.10. The molecule has 0 saturated heterocycles. The van der Waals surface area contributed by atoms with Gasteiger partial charge >= 0.3 is 0 Å². The molecule has 1 aliphatic carbocycles. The summed E-state index contributed by atoms with van der Waals surface area (Å²) in [7, 11) is 2.07. The second-order valence-corrected chi connectivity index (χ2v) is 6.58. The van der Waals surface area contributed by atoms with Crippen LogP contribution >= 0.6 is 27.3 Å². The van der Waals surface area contributed by atoms with Crippen LogP contribution in [0.2, 0.25) is 0 Å². The van der Waals surface area contributed by atoms with Crippen LogP contribution < -0.4 is 4.90 Å². The van der Waals surface area contributed by atoms with Crippen molar-refractivity contribution in [3.05, 3.63) is 39.3 Å². The van der Waals surface area contributed by atoms with Crippen LogP contribution in [-0.4, -0.2) is 17.2 Å². The van der Waals surface area contributed by atoms with Gasteiger partial charge < -0.3 is 4.90 Å². The van der Waals surface area contributed by atoms with E-state index in [2.05, 4.69) is 62.3 Å². The Morgan fingerprint density at radius 1 is 1.28 bits per heavy atom. The predicted molar refractivity (Wildman–Crippen MR) is 78.1 cm³/mol. The van der Waals surface area contributed by atoms with Crippen molar-refractivity contribution in [2.24, 2.45) is 0 Å². The van der Waals surface area contributed by atoms with E-state index in [4.69, 9.17) is 0 Å². The number of hydrogen-bond acceptors (Lipinski definition) is 4. The van der Waals surface area contributed by atoms with E-state index in [1.807, 2.05) is 0 Å². The van der Waals surface area contributed by atoms with Crippen LogP contribution in [0, 0.1) is 0 Å². The minimum Gasteiger partial charge on any atom is -0.345 e. The number of nitrogens with zero attached hydrogens (tertiary/aromatic N) is 3. The van der Waals surface area contributed by atoms with Gasteiger partial charge in [-0.25, -0.2) is 0 Å². The van der Waals surface area contributed by atoms with E-state index < -0.39 is 0 Å². The Bertz CT molecular complexity index is 533. The summed E-state index contributed by atoms with van der Waals surface area (Å²) in [5, 5.41) is 10.8. The third kappa shape index (κ3) is 2.72. The quantitative estimate of drug-likeness (QED) is 0.856. The fraction of sp³-hybridized carbons (Fsp3) is 0.385. The lowest BCUT2D eigenvalue weighted by Gasteiger charge is -2.14. The fourth-order valence-electron chi connectivity index (χ4n) is 1.81. The summed E-state index contributed by atoms with van der Waals surface area (Å²) >= 11 is 5.18. The molecule has 1 aromatic carbocycles. The van der Waals surface area contributed by atoms with E-state index in [9.17, 15) is 0 Å². The van der Waals surface area contributed by atoms with Crippen LogP contribution in [0.4, 0.5) is 5.13 Å². The molecule has 3 nitrogen and oxygen atoms in total. The Morgan fingerprint density at radius 3 is 2.67 bits per heavy atom. The maximum absolute atomic E-state index is 4.28. The van der Waals surface area contributed by atoms with Crippen molar-refractivity contribution in [3.63, 3.8) is 0 Å². The summed E-state index contributed by atoms with van der Waals surface area (Å²) in [6.07, 6.45) is 2.57. The SMILES string of the molecule is CN(Cc1ccc(Br)cc1)c1nnc(C2CC2)s1. The van der Waals surface area contributed by atoms with Gasteiger partial charge in [-0.15, -0.1) is 10.2 Å². The van der Waals surface area contributed by atoms with E-state index in [1.54, 1.807) is 11.3 Å². The molecular formula is C13H14BrN3S. The number of benzene rings is 1. The molecule has 18 heavy (non-hydrogen) atoms. The van der Waals surface area contributed by atoms with Gasteiger partial charge in [0, 0.05) is 24.0 Å². The van der Waals surface area contributed by atoms with E-state index in [-0.39, 0.29) is 0 Å². The third-order valence-electron chi connectivity index (χ3n) is 3.02. The zero-order valence-electron chi connectivity index (χ0n) is 10.1. The van der Waals surface area contributed by atoms with E-state index >= 15 is 0 Å². The molecule has 0 aliphatic heterocycles. The van der Waals surface area contributed by atoms with Crippen LogP contribution in [-0.2, 0) is 6.54 Å². The highest BCUT2D eigenvalue weighted by Crippen LogP contribution is 2.42. The van der Waals surface area contributed by atoms with Gasteiger partial charge in [-0.1, -0.05) is 39.4 Å². The highest BCUT2D eigenvalue weighted by molar-refractivity contribution is 9.10. The molecular weight excluding hydrogens is 310 g/mol. The van der Waals surface area contributed by atoms with Crippen LogP contribution in [0.15, 0.2) is 28.7 Å². The average molecular weight is 324 g/mol. The number of halogens is 1. The molecule has 2 aromatic rings. The summed E-state index contributed by atoms with van der Waals surface area (Å²) in [5.74, 6) is 0.692. The fourth-order valence-corrected chi connectivity index (χ4v) is 3.04. The highest BCUT2D eigenvalue weighted by Gasteiger charge is 2.27. The smallest absolute Gasteiger partial charge is 0.208 e. The topological polar surface area (TPSA) is 29.0 Å². The van der Waals surface area contributed by atoms with Gasteiger partial charge in [-0.2, -0.15) is 0 Å². The molecule has 3 rings (SSSR count). The van der Waals surface area contributed by atoms with Crippen LogP contribution in [0.5, 0.6) is 0 Å². The molecule has 94 valence electrons. The number of hydrogen-bond donors (Lipinski definition) is 0. The zero-order chi connectivity index (χ0) is 12.5. The first-order valence-corrected chi connectivity index (χ1v) is 7.62. The van der Waals surface area contributed by atoms with Gasteiger partial charge in [0.25, 0.3) is 0 Å². The standard InChI is InChI=1S/C13H14BrN3S/c1-17(8-9-2-6-11(14)7-3-9)13-16-15-12(18-13)10-4-5-10/h2-3,6-7,10H,4-5,8H2,1H3. The van der Waals surface area contributed by atoms with Gasteiger partial charge in [-0.05, 0) is 30.5 Å². The largest absolute Gasteiger partial charge is 0.345 e. The molecule has 5 heteroatoms. The van der Waals surface area contributed by atoms with E-state index in [0.29, 0.717) is 5.92 Å². The molecule has 1 fully saturated rings. The van der Waals surface area contributed by atoms with Crippen molar-refractivity contribution in [3.8, 4) is 0 Å². The Balaban J connectivity index is 1.69. The molecule has 1 saturated carbocycles. The van der Waals surface area contributed by atoms with Crippen molar-refractivity contribution in [2.75, 3.05) is 11.9 Å². The van der Waals surface area contributed by atoms with Gasteiger partial charge in [0.05, 0.1) is 0 Å². The molecule has 0 N–H and O–H groups in total. The van der Waals surface area contributed by atoms with Crippen LogP contribution in [0.25, 0.3) is 0 Å². The minimum absolute atomic E-state index is 0.692. The molecule has 0 radical (unpaired) electrons. The van der Waals surface area contributed by atoms with Crippen LogP contribution in [0.3, 0.4) is 0 Å². The maximum atomic E-state index is 4.28. The molecule has 0 atom stereocenters. The molecule has 1 aromatic heterocycles. The minimum atomic E-state index is 0.692. The first-order chi connectivity index (χ1) is 8.72. The Labute approximate surface area is 119 Å². The van der Waals surface area contributed by atoms with Crippen molar-refractivity contribution in [2.45, 2.75) is 25.3 Å². The summed E-state index contributed by atoms with van der Waals surface area (Å²) in [5.41, 5.74) is 1.28. The number of aromatic nitrogens is 2. The predicted octanol–water partition coefficient (Wildman–Crippen LogP) is 3.81. The highest BCUT2D eigenvalue weighted by atomic mass is 79.9. The lowest BCUT2D eigenvalue weighted by atomic mass is 10.2. The summed E-state index contributed by atoms with van der Waals surface area (Å²) < 4.78 is 1.11. The van der Waals surface area contributed by atoms with E-state index in [1.165, 1.54) is 23.4 Å². The summed E-state index contributed by atoms with van der Waals surface area (Å²) in [4.78, 5) is 2.16. The molecule has 1 aliphatic rings. The molecule has 1 heterocycles. The second kappa shape index (κ2) is 4.97. The van der Waals surface area contributed by atoms with Gasteiger partial charge in [0.1, 0.15) is 5.01 Å². The number of anilines is 1. The molecule has 0 unspecified atom stereocenters. The second-order valence-electron chi connectivity index (χ2n) is 4.68. The summed E-state index contributed by atoms with van der Waals surface area (Å²) in [6.45, 7) is 0.868. The maximum Gasteiger partial charge on any atom is 0.208 e. The first kappa shape index (κ1) is 12.1. The zero-order valence-corrected chi connectivity index (χ0v) is 12.5. The molecule has 0 bridgehead atoms. The first-order valence-electron chi connectivity index (χ1n) is 6.01. The summed E-state index contributed by atoms with van der Waals surface area (Å²) in [6, 6.07) is 8.39. The normalized spacial score (nSPS) is 14.8. The van der Waals surface area contributed by atoms with Crippen LogP contribution in [0.1, 0.15) is 29.3 Å². The van der Waals surface area contributed by atoms with Gasteiger partial charge in [0.15, 0.2) is 0 Å². The lowest BCUT2D eigenvalue weighted by molar-refractivity contribution is 0.883. The molecule has 0 spiro atoms. The van der Waals surface area contributed by atoms with Gasteiger partial charge in [-0.3, -0.25) is 0 Å². The Kier molecular flexibility index (Phi) is 3.35. The van der Waals surface area contributed by atoms with E-state index in [0.717, 1.165) is 16.1 Å². The monoisotopic (exact) mass is 323 g/mol. The Hall–Kier alpha value is -0.940. The van der Waals surface area contributed by atoms with Gasteiger partial charge in [0.2, 0.25) is 5.13 Å². The Morgan fingerprint density at radius 2 is 2.00 bits per heavy atom. The van der Waals surface area contributed by atoms with Crippen molar-refractivity contribution in [1.29, 1.82) is 0 Å².